The zero-order valence-corrected chi connectivity index (χ0v) is 12.2. The highest BCUT2D eigenvalue weighted by atomic mass is 35.5. The summed E-state index contributed by atoms with van der Waals surface area (Å²) in [6.45, 7) is 2.04. The molecule has 0 amide bonds. The van der Waals surface area contributed by atoms with E-state index in [1.807, 2.05) is 6.07 Å². The fourth-order valence-electron chi connectivity index (χ4n) is 1.77. The molecular weight excluding hydrogens is 250 g/mol. The maximum absolute atomic E-state index is 5.68. The van der Waals surface area contributed by atoms with Gasteiger partial charge in [-0.15, -0.1) is 11.6 Å². The standard InChI is InChI=1S/C14H22ClNO2/c1-16(7-4-6-15)8-5-12-9-13(17-2)11-14(10-12)18-3/h9-11H,4-8H2,1-3H3. The minimum Gasteiger partial charge on any atom is -0.497 e. The second-order valence-corrected chi connectivity index (χ2v) is 4.69. The molecule has 102 valence electrons. The van der Waals surface area contributed by atoms with Gasteiger partial charge >= 0.3 is 0 Å². The average molecular weight is 272 g/mol. The van der Waals surface area contributed by atoms with Gasteiger partial charge in [0.2, 0.25) is 0 Å². The molecule has 0 bridgehead atoms. The van der Waals surface area contributed by atoms with E-state index in [9.17, 15) is 0 Å². The molecule has 0 aliphatic heterocycles. The van der Waals surface area contributed by atoms with E-state index in [0.29, 0.717) is 0 Å². The molecule has 0 aromatic heterocycles. The highest BCUT2D eigenvalue weighted by Crippen LogP contribution is 2.22. The minimum absolute atomic E-state index is 0.720. The Morgan fingerprint density at radius 3 is 2.17 bits per heavy atom. The first-order chi connectivity index (χ1) is 8.69. The van der Waals surface area contributed by atoms with E-state index in [4.69, 9.17) is 21.1 Å². The molecule has 4 heteroatoms. The quantitative estimate of drug-likeness (QED) is 0.679. The van der Waals surface area contributed by atoms with Crippen molar-refractivity contribution in [1.29, 1.82) is 0 Å². The van der Waals surface area contributed by atoms with E-state index in [1.54, 1.807) is 14.2 Å². The highest BCUT2D eigenvalue weighted by molar-refractivity contribution is 6.17. The van der Waals surface area contributed by atoms with Gasteiger partial charge in [0.15, 0.2) is 0 Å². The van der Waals surface area contributed by atoms with Crippen LogP contribution in [0.1, 0.15) is 12.0 Å². The molecule has 0 aliphatic rings. The lowest BCUT2D eigenvalue weighted by atomic mass is 10.1. The lowest BCUT2D eigenvalue weighted by Gasteiger charge is -2.16. The second-order valence-electron chi connectivity index (χ2n) is 4.32. The number of likely N-dealkylation sites (N-methyl/N-ethyl adjacent to an activating group) is 1. The van der Waals surface area contributed by atoms with Crippen LogP contribution < -0.4 is 9.47 Å². The van der Waals surface area contributed by atoms with Gasteiger partial charge in [-0.3, -0.25) is 0 Å². The first-order valence-corrected chi connectivity index (χ1v) is 6.69. The third-order valence-corrected chi connectivity index (χ3v) is 3.13. The van der Waals surface area contributed by atoms with Crippen LogP contribution in [0, 0.1) is 0 Å². The normalized spacial score (nSPS) is 10.7. The number of methoxy groups -OCH3 is 2. The summed E-state index contributed by atoms with van der Waals surface area (Å²) in [6, 6.07) is 6.00. The third-order valence-electron chi connectivity index (χ3n) is 2.87. The van der Waals surface area contributed by atoms with Gasteiger partial charge in [0, 0.05) is 18.5 Å². The van der Waals surface area contributed by atoms with Crippen LogP contribution in [0.4, 0.5) is 0 Å². The van der Waals surface area contributed by atoms with Crippen molar-refractivity contribution in [3.05, 3.63) is 23.8 Å². The van der Waals surface area contributed by atoms with Crippen molar-refractivity contribution >= 4 is 11.6 Å². The molecule has 0 fully saturated rings. The van der Waals surface area contributed by atoms with Crippen LogP contribution in [0.2, 0.25) is 0 Å². The Kier molecular flexibility index (Phi) is 6.91. The van der Waals surface area contributed by atoms with Gasteiger partial charge in [0.25, 0.3) is 0 Å². The Balaban J connectivity index is 2.55. The molecule has 18 heavy (non-hydrogen) atoms. The summed E-state index contributed by atoms with van der Waals surface area (Å²) < 4.78 is 10.5. The number of hydrogen-bond acceptors (Lipinski definition) is 3. The van der Waals surface area contributed by atoms with Crippen molar-refractivity contribution in [3.63, 3.8) is 0 Å². The fourth-order valence-corrected chi connectivity index (χ4v) is 1.89. The Morgan fingerprint density at radius 2 is 1.67 bits per heavy atom. The summed E-state index contributed by atoms with van der Waals surface area (Å²) in [5, 5.41) is 0. The lowest BCUT2D eigenvalue weighted by Crippen LogP contribution is -2.22. The van der Waals surface area contributed by atoms with Crippen LogP contribution in [0.3, 0.4) is 0 Å². The Bertz CT molecular complexity index is 335. The zero-order valence-electron chi connectivity index (χ0n) is 11.4. The van der Waals surface area contributed by atoms with Crippen LogP contribution in [-0.4, -0.2) is 45.1 Å². The molecule has 1 aromatic rings. The van der Waals surface area contributed by atoms with E-state index < -0.39 is 0 Å². The Hall–Kier alpha value is -0.930. The first-order valence-electron chi connectivity index (χ1n) is 6.16. The molecule has 0 aliphatic carbocycles. The summed E-state index contributed by atoms with van der Waals surface area (Å²) in [6.07, 6.45) is 2.01. The average Bonchev–Trinajstić information content (AvgIpc) is 2.42. The number of alkyl halides is 1. The van der Waals surface area contributed by atoms with Crippen molar-refractivity contribution in [2.45, 2.75) is 12.8 Å². The summed E-state index contributed by atoms with van der Waals surface area (Å²) in [4.78, 5) is 2.29. The van der Waals surface area contributed by atoms with Gasteiger partial charge in [-0.2, -0.15) is 0 Å². The maximum Gasteiger partial charge on any atom is 0.122 e. The zero-order chi connectivity index (χ0) is 13.4. The predicted octanol–water partition coefficient (Wildman–Crippen LogP) is 2.81. The molecule has 0 saturated heterocycles. The summed E-state index contributed by atoms with van der Waals surface area (Å²) in [5.41, 5.74) is 1.23. The maximum atomic E-state index is 5.68. The Labute approximate surface area is 115 Å². The number of rotatable bonds is 8. The van der Waals surface area contributed by atoms with E-state index in [-0.39, 0.29) is 0 Å². The summed E-state index contributed by atoms with van der Waals surface area (Å²) in [5.74, 6) is 2.40. The van der Waals surface area contributed by atoms with Crippen molar-refractivity contribution in [2.75, 3.05) is 40.2 Å². The van der Waals surface area contributed by atoms with Crippen LogP contribution in [0.5, 0.6) is 11.5 Å². The molecule has 0 N–H and O–H groups in total. The number of ether oxygens (including phenoxy) is 2. The molecular formula is C14H22ClNO2. The van der Waals surface area contributed by atoms with E-state index >= 15 is 0 Å². The number of hydrogen-bond donors (Lipinski definition) is 0. The van der Waals surface area contributed by atoms with Gasteiger partial charge in [0.1, 0.15) is 11.5 Å². The monoisotopic (exact) mass is 271 g/mol. The number of halogens is 1. The first kappa shape index (κ1) is 15.1. The van der Waals surface area contributed by atoms with Crippen LogP contribution >= 0.6 is 11.6 Å². The largest absolute Gasteiger partial charge is 0.497 e. The van der Waals surface area contributed by atoms with Gasteiger partial charge < -0.3 is 14.4 Å². The smallest absolute Gasteiger partial charge is 0.122 e. The topological polar surface area (TPSA) is 21.7 Å². The molecule has 0 atom stereocenters. The molecule has 0 spiro atoms. The van der Waals surface area contributed by atoms with Crippen LogP contribution in [0.15, 0.2) is 18.2 Å². The van der Waals surface area contributed by atoms with Crippen molar-refractivity contribution in [1.82, 2.24) is 4.90 Å². The van der Waals surface area contributed by atoms with Gasteiger partial charge in [-0.1, -0.05) is 0 Å². The van der Waals surface area contributed by atoms with Gasteiger partial charge in [-0.25, -0.2) is 0 Å². The molecule has 0 unspecified atom stereocenters. The van der Waals surface area contributed by atoms with E-state index in [0.717, 1.165) is 43.3 Å². The summed E-state index contributed by atoms with van der Waals surface area (Å²) in [7, 11) is 5.46. The highest BCUT2D eigenvalue weighted by Gasteiger charge is 2.04. The van der Waals surface area contributed by atoms with Crippen molar-refractivity contribution in [3.8, 4) is 11.5 Å². The molecule has 0 heterocycles. The number of nitrogens with zero attached hydrogens (tertiary/aromatic N) is 1. The molecule has 0 radical (unpaired) electrons. The van der Waals surface area contributed by atoms with Crippen molar-refractivity contribution in [2.24, 2.45) is 0 Å². The van der Waals surface area contributed by atoms with Gasteiger partial charge in [-0.05, 0) is 44.1 Å². The molecule has 1 rings (SSSR count). The fraction of sp³-hybridized carbons (Fsp3) is 0.571. The minimum atomic E-state index is 0.720. The number of benzene rings is 1. The lowest BCUT2D eigenvalue weighted by molar-refractivity contribution is 0.339. The van der Waals surface area contributed by atoms with E-state index in [2.05, 4.69) is 24.1 Å². The molecule has 3 nitrogen and oxygen atoms in total. The third kappa shape index (κ3) is 5.15. The Morgan fingerprint density at radius 1 is 1.06 bits per heavy atom. The summed E-state index contributed by atoms with van der Waals surface area (Å²) >= 11 is 5.68. The molecule has 1 aromatic carbocycles. The predicted molar refractivity (Wildman–Crippen MR) is 76.1 cm³/mol. The van der Waals surface area contributed by atoms with Crippen molar-refractivity contribution < 1.29 is 9.47 Å². The van der Waals surface area contributed by atoms with Crippen LogP contribution in [0.25, 0.3) is 0 Å². The van der Waals surface area contributed by atoms with Crippen LogP contribution in [-0.2, 0) is 6.42 Å². The SMILES string of the molecule is COc1cc(CCN(C)CCCCl)cc(OC)c1. The second kappa shape index (κ2) is 8.22. The molecule has 0 saturated carbocycles. The van der Waals surface area contributed by atoms with Gasteiger partial charge in [0.05, 0.1) is 14.2 Å². The van der Waals surface area contributed by atoms with E-state index in [1.165, 1.54) is 5.56 Å².